The predicted molar refractivity (Wildman–Crippen MR) is 49.3 cm³/mol. The molecule has 0 radical (unpaired) electrons. The Hall–Kier alpha value is -2.20. The van der Waals surface area contributed by atoms with Gasteiger partial charge in [0.15, 0.2) is 0 Å². The van der Waals surface area contributed by atoms with Crippen LogP contribution in [0.25, 0.3) is 0 Å². The first-order valence-corrected chi connectivity index (χ1v) is 3.64. The van der Waals surface area contributed by atoms with Gasteiger partial charge < -0.3 is 11.5 Å². The van der Waals surface area contributed by atoms with Crippen LogP contribution in [0.4, 0.5) is 11.4 Å². The monoisotopic (exact) mass is 172 g/mol. The van der Waals surface area contributed by atoms with E-state index >= 15 is 0 Å². The molecule has 1 aromatic carbocycles. The lowest BCUT2D eigenvalue weighted by Crippen LogP contribution is -2.00. The molecule has 0 aliphatic heterocycles. The Kier molecular flexibility index (Phi) is 2.37. The maximum Gasteiger partial charge on any atom is 0.0992 e. The summed E-state index contributed by atoms with van der Waals surface area (Å²) >= 11 is 0. The molecule has 0 amide bonds. The van der Waals surface area contributed by atoms with Crippen LogP contribution in [0.2, 0.25) is 0 Å². The van der Waals surface area contributed by atoms with E-state index in [1.54, 1.807) is 6.07 Å². The Morgan fingerprint density at radius 2 is 1.92 bits per heavy atom. The molecule has 4 heteroatoms. The molecule has 0 unspecified atom stereocenters. The Bertz CT molecular complexity index is 409. The summed E-state index contributed by atoms with van der Waals surface area (Å²) in [5.74, 6) is 0. The maximum absolute atomic E-state index is 8.62. The minimum absolute atomic E-state index is 0.172. The van der Waals surface area contributed by atoms with E-state index in [0.29, 0.717) is 22.5 Å². The molecule has 0 atom stereocenters. The van der Waals surface area contributed by atoms with E-state index in [1.165, 1.54) is 6.07 Å². The number of rotatable bonds is 1. The lowest BCUT2D eigenvalue weighted by atomic mass is 10.1. The third kappa shape index (κ3) is 1.69. The van der Waals surface area contributed by atoms with Crippen molar-refractivity contribution < 1.29 is 0 Å². The zero-order valence-corrected chi connectivity index (χ0v) is 6.91. The first kappa shape index (κ1) is 8.89. The molecule has 64 valence electrons. The molecule has 0 fully saturated rings. The SMILES string of the molecule is N#CCc1cc(C#N)cc(N)c1N. The number of nitrogen functional groups attached to an aromatic ring is 2. The summed E-state index contributed by atoms with van der Waals surface area (Å²) < 4.78 is 0. The number of nitriles is 2. The smallest absolute Gasteiger partial charge is 0.0992 e. The second-order valence-corrected chi connectivity index (χ2v) is 2.58. The van der Waals surface area contributed by atoms with Gasteiger partial charge in [0.25, 0.3) is 0 Å². The van der Waals surface area contributed by atoms with Crippen LogP contribution >= 0.6 is 0 Å². The largest absolute Gasteiger partial charge is 0.397 e. The molecule has 4 nitrogen and oxygen atoms in total. The van der Waals surface area contributed by atoms with Crippen molar-refractivity contribution in [3.05, 3.63) is 23.3 Å². The van der Waals surface area contributed by atoms with Crippen LogP contribution < -0.4 is 11.5 Å². The molecule has 1 aromatic rings. The Labute approximate surface area is 76.0 Å². The van der Waals surface area contributed by atoms with Gasteiger partial charge in [-0.25, -0.2) is 0 Å². The fraction of sp³-hybridized carbons (Fsp3) is 0.111. The average molecular weight is 172 g/mol. The summed E-state index contributed by atoms with van der Waals surface area (Å²) in [4.78, 5) is 0. The molecule has 0 aliphatic rings. The van der Waals surface area contributed by atoms with Gasteiger partial charge in [-0.3, -0.25) is 0 Å². The molecule has 4 N–H and O–H groups in total. The van der Waals surface area contributed by atoms with Crippen molar-refractivity contribution in [1.29, 1.82) is 10.5 Å². The van der Waals surface area contributed by atoms with Crippen LogP contribution in [0.15, 0.2) is 12.1 Å². The molecule has 0 aliphatic carbocycles. The maximum atomic E-state index is 8.62. The van der Waals surface area contributed by atoms with Gasteiger partial charge in [-0.15, -0.1) is 0 Å². The average Bonchev–Trinajstić information content (AvgIpc) is 2.13. The summed E-state index contributed by atoms with van der Waals surface area (Å²) in [6.07, 6.45) is 0.172. The molecular weight excluding hydrogens is 164 g/mol. The third-order valence-corrected chi connectivity index (χ3v) is 1.70. The van der Waals surface area contributed by atoms with E-state index in [4.69, 9.17) is 22.0 Å². The van der Waals surface area contributed by atoms with Gasteiger partial charge in [0.1, 0.15) is 0 Å². The fourth-order valence-corrected chi connectivity index (χ4v) is 1.03. The zero-order valence-electron chi connectivity index (χ0n) is 6.91. The van der Waals surface area contributed by atoms with Crippen LogP contribution in [0.1, 0.15) is 11.1 Å². The molecule has 0 heterocycles. The van der Waals surface area contributed by atoms with Crippen molar-refractivity contribution in [2.75, 3.05) is 11.5 Å². The predicted octanol–water partition coefficient (Wildman–Crippen LogP) is 0.789. The number of anilines is 2. The van der Waals surface area contributed by atoms with Crippen LogP contribution in [0.5, 0.6) is 0 Å². The first-order chi connectivity index (χ1) is 6.19. The van der Waals surface area contributed by atoms with E-state index in [9.17, 15) is 0 Å². The number of benzene rings is 1. The number of hydrogen-bond acceptors (Lipinski definition) is 4. The van der Waals surface area contributed by atoms with Crippen LogP contribution in [-0.4, -0.2) is 0 Å². The van der Waals surface area contributed by atoms with Gasteiger partial charge >= 0.3 is 0 Å². The second kappa shape index (κ2) is 3.46. The molecule has 0 saturated heterocycles. The van der Waals surface area contributed by atoms with Crippen molar-refractivity contribution in [2.45, 2.75) is 6.42 Å². The summed E-state index contributed by atoms with van der Waals surface area (Å²) in [6, 6.07) is 6.98. The second-order valence-electron chi connectivity index (χ2n) is 2.58. The highest BCUT2D eigenvalue weighted by Gasteiger charge is 2.04. The van der Waals surface area contributed by atoms with Crippen molar-refractivity contribution >= 4 is 11.4 Å². The van der Waals surface area contributed by atoms with E-state index in [-0.39, 0.29) is 6.42 Å². The number of nitrogens with zero attached hydrogens (tertiary/aromatic N) is 2. The van der Waals surface area contributed by atoms with Gasteiger partial charge in [0, 0.05) is 0 Å². The van der Waals surface area contributed by atoms with Crippen LogP contribution in [0.3, 0.4) is 0 Å². The number of nitrogens with two attached hydrogens (primary N) is 2. The Morgan fingerprint density at radius 3 is 2.46 bits per heavy atom. The Balaban J connectivity index is 3.28. The molecule has 0 spiro atoms. The standard InChI is InChI=1S/C9H8N4/c10-2-1-7-3-6(5-11)4-8(12)9(7)13/h3-4H,1,12-13H2. The molecule has 1 rings (SSSR count). The van der Waals surface area contributed by atoms with Gasteiger partial charge in [0.05, 0.1) is 35.5 Å². The van der Waals surface area contributed by atoms with Crippen molar-refractivity contribution in [2.24, 2.45) is 0 Å². The lowest BCUT2D eigenvalue weighted by molar-refractivity contribution is 1.26. The third-order valence-electron chi connectivity index (χ3n) is 1.70. The highest BCUT2D eigenvalue weighted by molar-refractivity contribution is 5.70. The van der Waals surface area contributed by atoms with Crippen molar-refractivity contribution in [3.8, 4) is 12.1 Å². The molecule has 0 bridgehead atoms. The van der Waals surface area contributed by atoms with E-state index in [1.807, 2.05) is 12.1 Å². The van der Waals surface area contributed by atoms with Gasteiger partial charge in [-0.1, -0.05) is 0 Å². The quantitative estimate of drug-likeness (QED) is 0.611. The lowest BCUT2D eigenvalue weighted by Gasteiger charge is -2.05. The molecular formula is C9H8N4. The summed E-state index contributed by atoms with van der Waals surface area (Å²) in [6.45, 7) is 0. The van der Waals surface area contributed by atoms with Crippen molar-refractivity contribution in [3.63, 3.8) is 0 Å². The molecule has 13 heavy (non-hydrogen) atoms. The topological polar surface area (TPSA) is 99.6 Å². The van der Waals surface area contributed by atoms with Crippen molar-refractivity contribution in [1.82, 2.24) is 0 Å². The minimum Gasteiger partial charge on any atom is -0.397 e. The van der Waals surface area contributed by atoms with Crippen LogP contribution in [0, 0.1) is 22.7 Å². The number of hydrogen-bond donors (Lipinski definition) is 2. The van der Waals surface area contributed by atoms with Gasteiger partial charge in [0.2, 0.25) is 0 Å². The van der Waals surface area contributed by atoms with E-state index in [2.05, 4.69) is 0 Å². The molecule has 0 saturated carbocycles. The van der Waals surface area contributed by atoms with E-state index < -0.39 is 0 Å². The summed E-state index contributed by atoms with van der Waals surface area (Å²) in [5.41, 5.74) is 12.9. The summed E-state index contributed by atoms with van der Waals surface area (Å²) in [7, 11) is 0. The highest BCUT2D eigenvalue weighted by atomic mass is 14.7. The molecule has 0 aromatic heterocycles. The summed E-state index contributed by atoms with van der Waals surface area (Å²) in [5, 5.41) is 17.1. The fourth-order valence-electron chi connectivity index (χ4n) is 1.03. The highest BCUT2D eigenvalue weighted by Crippen LogP contribution is 2.22. The van der Waals surface area contributed by atoms with Crippen LogP contribution in [-0.2, 0) is 6.42 Å². The van der Waals surface area contributed by atoms with E-state index in [0.717, 1.165) is 0 Å². The van der Waals surface area contributed by atoms with Gasteiger partial charge in [-0.2, -0.15) is 10.5 Å². The minimum atomic E-state index is 0.172. The van der Waals surface area contributed by atoms with Gasteiger partial charge in [-0.05, 0) is 17.7 Å². The Morgan fingerprint density at radius 1 is 1.23 bits per heavy atom. The zero-order chi connectivity index (χ0) is 9.84. The normalized spacial score (nSPS) is 8.77. The first-order valence-electron chi connectivity index (χ1n) is 3.64.